The van der Waals surface area contributed by atoms with Gasteiger partial charge in [-0.3, -0.25) is 9.59 Å². The number of carbonyl (C=O) groups is 2. The molecule has 284 valence electrons. The molecule has 2 aromatic carbocycles. The first-order valence-corrected chi connectivity index (χ1v) is 18.5. The number of rotatable bonds is 6. The third-order valence-electron chi connectivity index (χ3n) is 9.34. The van der Waals surface area contributed by atoms with E-state index in [9.17, 15) is 9.59 Å². The lowest BCUT2D eigenvalue weighted by molar-refractivity contribution is -0.130. The minimum atomic E-state index is 0.150. The summed E-state index contributed by atoms with van der Waals surface area (Å²) in [5, 5.41) is 4.18. The largest absolute Gasteiger partial charge is 0.495 e. The Balaban J connectivity index is 0.000000200. The van der Waals surface area contributed by atoms with Crippen molar-refractivity contribution in [1.82, 2.24) is 29.7 Å². The van der Waals surface area contributed by atoms with E-state index in [-0.39, 0.29) is 17.1 Å². The zero-order valence-electron chi connectivity index (χ0n) is 31.0. The number of aryl methyl sites for hydroxylation is 2. The van der Waals surface area contributed by atoms with E-state index in [0.717, 1.165) is 80.2 Å². The number of carbonyl (C=O) groups excluding carboxylic acids is 2. The number of hydrogen-bond acceptors (Lipinski definition) is 10. The Morgan fingerprint density at radius 1 is 0.736 bits per heavy atom. The van der Waals surface area contributed by atoms with Gasteiger partial charge in [0.2, 0.25) is 23.0 Å². The van der Waals surface area contributed by atoms with Gasteiger partial charge < -0.3 is 30.3 Å². The first kappa shape index (κ1) is 41.4. The quantitative estimate of drug-likeness (QED) is 0.112. The van der Waals surface area contributed by atoms with Crippen molar-refractivity contribution in [2.45, 2.75) is 65.2 Å². The van der Waals surface area contributed by atoms with Gasteiger partial charge in [0.05, 0.1) is 25.6 Å². The molecule has 4 aromatic rings. The van der Waals surface area contributed by atoms with Crippen molar-refractivity contribution < 1.29 is 19.1 Å². The SMILES string of the molecule is COc1cc(C2CCN(C(C)=O)CC2)ccc1N.COc1cc(C2CCN(C(C)=O)CC2)ccc1Nc1ncc(C)c(Cl)n1.Cc1cnc(Cl)nc1Cl. The smallest absolute Gasteiger partial charge is 0.228 e. The van der Waals surface area contributed by atoms with E-state index in [2.05, 4.69) is 37.4 Å². The molecule has 4 heterocycles. The topological polar surface area (TPSA) is 149 Å². The predicted molar refractivity (Wildman–Crippen MR) is 211 cm³/mol. The minimum absolute atomic E-state index is 0.150. The summed E-state index contributed by atoms with van der Waals surface area (Å²) >= 11 is 17.1. The summed E-state index contributed by atoms with van der Waals surface area (Å²) in [6, 6.07) is 12.1. The minimum Gasteiger partial charge on any atom is -0.495 e. The molecule has 2 aliphatic rings. The Morgan fingerprint density at radius 3 is 1.66 bits per heavy atom. The molecular formula is C38H47Cl3N8O4. The van der Waals surface area contributed by atoms with Crippen molar-refractivity contribution in [1.29, 1.82) is 0 Å². The molecule has 12 nitrogen and oxygen atoms in total. The van der Waals surface area contributed by atoms with Gasteiger partial charge >= 0.3 is 0 Å². The number of hydrogen-bond donors (Lipinski definition) is 2. The molecule has 0 radical (unpaired) electrons. The second-order valence-corrected chi connectivity index (χ2v) is 14.0. The molecule has 15 heteroatoms. The summed E-state index contributed by atoms with van der Waals surface area (Å²) in [6.07, 6.45) is 7.21. The Bertz CT molecular complexity index is 1870. The average Bonchev–Trinajstić information content (AvgIpc) is 3.15. The number of nitrogens with one attached hydrogen (secondary N) is 1. The van der Waals surface area contributed by atoms with E-state index < -0.39 is 0 Å². The third kappa shape index (κ3) is 11.8. The van der Waals surface area contributed by atoms with Gasteiger partial charge in [-0.25, -0.2) is 19.9 Å². The fourth-order valence-electron chi connectivity index (χ4n) is 6.11. The van der Waals surface area contributed by atoms with E-state index >= 15 is 0 Å². The van der Waals surface area contributed by atoms with Crippen molar-refractivity contribution in [3.8, 4) is 11.5 Å². The van der Waals surface area contributed by atoms with Gasteiger partial charge in [-0.2, -0.15) is 0 Å². The first-order chi connectivity index (χ1) is 25.3. The van der Waals surface area contributed by atoms with Crippen LogP contribution in [0.4, 0.5) is 17.3 Å². The zero-order valence-corrected chi connectivity index (χ0v) is 33.2. The van der Waals surface area contributed by atoms with E-state index in [0.29, 0.717) is 33.8 Å². The van der Waals surface area contributed by atoms with E-state index in [1.54, 1.807) is 40.5 Å². The number of benzene rings is 2. The van der Waals surface area contributed by atoms with Crippen LogP contribution >= 0.6 is 34.8 Å². The molecular weight excluding hydrogens is 739 g/mol. The van der Waals surface area contributed by atoms with Crippen molar-refractivity contribution in [3.63, 3.8) is 0 Å². The summed E-state index contributed by atoms with van der Waals surface area (Å²) in [4.78, 5) is 42.5. The number of likely N-dealkylation sites (tertiary alicyclic amines) is 2. The number of aromatic nitrogens is 4. The van der Waals surface area contributed by atoms with Crippen LogP contribution < -0.4 is 20.5 Å². The highest BCUT2D eigenvalue weighted by Crippen LogP contribution is 2.35. The lowest BCUT2D eigenvalue weighted by Gasteiger charge is -2.31. The van der Waals surface area contributed by atoms with Crippen LogP contribution in [0, 0.1) is 13.8 Å². The lowest BCUT2D eigenvalue weighted by atomic mass is 9.89. The second-order valence-electron chi connectivity index (χ2n) is 12.9. The number of ether oxygens (including phenoxy) is 2. The number of halogens is 3. The molecule has 2 fully saturated rings. The normalized spacial score (nSPS) is 14.7. The van der Waals surface area contributed by atoms with Gasteiger partial charge in [-0.05, 0) is 98.4 Å². The highest BCUT2D eigenvalue weighted by molar-refractivity contribution is 6.32. The van der Waals surface area contributed by atoms with E-state index in [1.165, 1.54) is 11.1 Å². The van der Waals surface area contributed by atoms with Crippen LogP contribution in [-0.2, 0) is 9.59 Å². The third-order valence-corrected chi connectivity index (χ3v) is 10.3. The second kappa shape index (κ2) is 19.6. The fourth-order valence-corrected chi connectivity index (χ4v) is 6.54. The monoisotopic (exact) mass is 784 g/mol. The summed E-state index contributed by atoms with van der Waals surface area (Å²) in [5.41, 5.74) is 11.4. The lowest BCUT2D eigenvalue weighted by Crippen LogP contribution is -2.36. The summed E-state index contributed by atoms with van der Waals surface area (Å²) < 4.78 is 10.8. The van der Waals surface area contributed by atoms with Gasteiger partial charge in [0.15, 0.2) is 0 Å². The number of nitrogens with two attached hydrogens (primary N) is 1. The molecule has 2 aliphatic heterocycles. The molecule has 0 atom stereocenters. The Labute approximate surface area is 326 Å². The molecule has 0 aliphatic carbocycles. The molecule has 6 rings (SSSR count). The van der Waals surface area contributed by atoms with Gasteiger partial charge in [0.1, 0.15) is 21.8 Å². The molecule has 0 saturated carbocycles. The van der Waals surface area contributed by atoms with Crippen LogP contribution in [0.1, 0.15) is 73.6 Å². The summed E-state index contributed by atoms with van der Waals surface area (Å²) in [5.74, 6) is 3.15. The van der Waals surface area contributed by atoms with Gasteiger partial charge in [-0.1, -0.05) is 35.3 Å². The number of anilines is 3. The standard InChI is InChI=1S/C19H23ClN4O2.C14H20N2O2.C5H4Cl2N2/c1-12-11-21-19(23-18(12)20)22-16-5-4-15(10-17(16)26-3)14-6-8-24(9-7-14)13(2)25;1-10(17)16-7-5-11(6-8-16)12-3-4-13(15)14(9-12)18-2;1-3-2-8-5(7)9-4(3)6/h4-5,10-11,14H,6-9H2,1-3H3,(H,21,22,23);3-4,9,11H,5-8,15H2,1-2H3;2H,1H3. The van der Waals surface area contributed by atoms with E-state index in [1.807, 2.05) is 47.9 Å². The van der Waals surface area contributed by atoms with Gasteiger partial charge in [-0.15, -0.1) is 0 Å². The van der Waals surface area contributed by atoms with Crippen molar-refractivity contribution >= 4 is 63.9 Å². The number of piperidine rings is 2. The van der Waals surface area contributed by atoms with Crippen LogP contribution in [0.25, 0.3) is 0 Å². The zero-order chi connectivity index (χ0) is 38.7. The maximum Gasteiger partial charge on any atom is 0.228 e. The maximum atomic E-state index is 11.5. The van der Waals surface area contributed by atoms with Gasteiger partial charge in [0.25, 0.3) is 0 Å². The molecule has 0 unspecified atom stereocenters. The molecule has 0 bridgehead atoms. The molecule has 0 spiro atoms. The van der Waals surface area contributed by atoms with Crippen LogP contribution in [0.5, 0.6) is 11.5 Å². The predicted octanol–water partition coefficient (Wildman–Crippen LogP) is 8.01. The Morgan fingerprint density at radius 2 is 1.21 bits per heavy atom. The molecule has 53 heavy (non-hydrogen) atoms. The number of nitrogens with zero attached hydrogens (tertiary/aromatic N) is 6. The molecule has 2 amide bonds. The maximum absolute atomic E-state index is 11.5. The summed E-state index contributed by atoms with van der Waals surface area (Å²) in [7, 11) is 3.28. The molecule has 2 aromatic heterocycles. The van der Waals surface area contributed by atoms with Crippen LogP contribution in [0.2, 0.25) is 15.6 Å². The summed E-state index contributed by atoms with van der Waals surface area (Å²) in [6.45, 7) is 10.2. The average molecular weight is 786 g/mol. The number of methoxy groups -OCH3 is 2. The highest BCUT2D eigenvalue weighted by Gasteiger charge is 2.24. The first-order valence-electron chi connectivity index (χ1n) is 17.3. The van der Waals surface area contributed by atoms with Crippen LogP contribution in [0.3, 0.4) is 0 Å². The van der Waals surface area contributed by atoms with Crippen molar-refractivity contribution in [2.75, 3.05) is 51.4 Å². The van der Waals surface area contributed by atoms with Crippen molar-refractivity contribution in [2.24, 2.45) is 0 Å². The fraction of sp³-hybridized carbons (Fsp3) is 0.421. The van der Waals surface area contributed by atoms with Crippen LogP contribution in [0.15, 0.2) is 48.8 Å². The number of amides is 2. The van der Waals surface area contributed by atoms with Crippen LogP contribution in [-0.4, -0.2) is 81.9 Å². The van der Waals surface area contributed by atoms with Crippen molar-refractivity contribution in [3.05, 3.63) is 86.6 Å². The highest BCUT2D eigenvalue weighted by atomic mass is 35.5. The Hall–Kier alpha value is -4.39. The Kier molecular flexibility index (Phi) is 15.3. The van der Waals surface area contributed by atoms with Gasteiger partial charge in [0, 0.05) is 63.5 Å². The van der Waals surface area contributed by atoms with E-state index in [4.69, 9.17) is 50.0 Å². The molecule has 2 saturated heterocycles. The number of nitrogen functional groups attached to an aromatic ring is 1. The molecule has 3 N–H and O–H groups in total.